The van der Waals surface area contributed by atoms with Gasteiger partial charge in [0.25, 0.3) is 0 Å². The topological polar surface area (TPSA) is 29.1 Å². The highest BCUT2D eigenvalue weighted by atomic mass is 79.9. The maximum atomic E-state index is 12.5. The fraction of sp³-hybridized carbons (Fsp3) is 0.278. The van der Waals surface area contributed by atoms with E-state index < -0.39 is 0 Å². The van der Waals surface area contributed by atoms with Crippen LogP contribution >= 0.6 is 15.9 Å². The van der Waals surface area contributed by atoms with Gasteiger partial charge in [-0.05, 0) is 61.1 Å². The van der Waals surface area contributed by atoms with Crippen LogP contribution in [0, 0.1) is 19.8 Å². The number of nitrogens with one attached hydrogen (secondary N) is 1. The van der Waals surface area contributed by atoms with Crippen LogP contribution in [0.25, 0.3) is 0 Å². The van der Waals surface area contributed by atoms with Gasteiger partial charge in [-0.2, -0.15) is 0 Å². The minimum absolute atomic E-state index is 0.0462. The number of rotatable bonds is 2. The van der Waals surface area contributed by atoms with E-state index in [1.165, 1.54) is 11.1 Å². The largest absolute Gasteiger partial charge is 0.325 e. The van der Waals surface area contributed by atoms with Gasteiger partial charge in [0.2, 0.25) is 5.91 Å². The van der Waals surface area contributed by atoms with Crippen LogP contribution < -0.4 is 5.32 Å². The number of carbonyl (C=O) groups excluding carboxylic acids is 1. The van der Waals surface area contributed by atoms with Gasteiger partial charge in [0.15, 0.2) is 0 Å². The molecular weight excluding hydrogens is 326 g/mol. The molecule has 0 atom stereocenters. The van der Waals surface area contributed by atoms with E-state index >= 15 is 0 Å². The van der Waals surface area contributed by atoms with Gasteiger partial charge >= 0.3 is 0 Å². The van der Waals surface area contributed by atoms with Gasteiger partial charge < -0.3 is 5.32 Å². The molecule has 2 nitrogen and oxygen atoms in total. The molecule has 0 aliphatic heterocycles. The molecule has 0 saturated carbocycles. The summed E-state index contributed by atoms with van der Waals surface area (Å²) in [6.07, 6.45) is 1.69. The minimum atomic E-state index is 0.0462. The van der Waals surface area contributed by atoms with Crippen LogP contribution in [0.15, 0.2) is 40.9 Å². The fourth-order valence-electron chi connectivity index (χ4n) is 3.08. The van der Waals surface area contributed by atoms with Gasteiger partial charge in [-0.3, -0.25) is 4.79 Å². The second kappa shape index (κ2) is 5.64. The van der Waals surface area contributed by atoms with Crippen molar-refractivity contribution < 1.29 is 4.79 Å². The zero-order valence-corrected chi connectivity index (χ0v) is 13.8. The van der Waals surface area contributed by atoms with Crippen molar-refractivity contribution in [2.24, 2.45) is 5.92 Å². The molecule has 1 aliphatic rings. The Morgan fingerprint density at radius 3 is 2.14 bits per heavy atom. The van der Waals surface area contributed by atoms with E-state index in [0.717, 1.165) is 34.1 Å². The molecule has 108 valence electrons. The summed E-state index contributed by atoms with van der Waals surface area (Å²) in [6.45, 7) is 4.05. The van der Waals surface area contributed by atoms with Crippen molar-refractivity contribution in [3.05, 3.63) is 63.1 Å². The molecule has 21 heavy (non-hydrogen) atoms. The lowest BCUT2D eigenvalue weighted by Crippen LogP contribution is -2.24. The lowest BCUT2D eigenvalue weighted by Gasteiger charge is -2.15. The molecule has 0 saturated heterocycles. The predicted molar refractivity (Wildman–Crippen MR) is 89.6 cm³/mol. The van der Waals surface area contributed by atoms with Crippen molar-refractivity contribution in [2.45, 2.75) is 26.7 Å². The summed E-state index contributed by atoms with van der Waals surface area (Å²) < 4.78 is 1.05. The average molecular weight is 344 g/mol. The van der Waals surface area contributed by atoms with Crippen molar-refractivity contribution in [2.75, 3.05) is 5.32 Å². The Bertz CT molecular complexity index is 660. The highest BCUT2D eigenvalue weighted by Crippen LogP contribution is 2.29. The smallest absolute Gasteiger partial charge is 0.228 e. The molecule has 1 aliphatic carbocycles. The molecule has 0 radical (unpaired) electrons. The van der Waals surface area contributed by atoms with E-state index in [2.05, 4.69) is 33.4 Å². The monoisotopic (exact) mass is 343 g/mol. The summed E-state index contributed by atoms with van der Waals surface area (Å²) in [5.41, 5.74) is 5.74. The summed E-state index contributed by atoms with van der Waals surface area (Å²) in [4.78, 5) is 12.5. The quantitative estimate of drug-likeness (QED) is 0.859. The number of hydrogen-bond acceptors (Lipinski definition) is 1. The van der Waals surface area contributed by atoms with Gasteiger partial charge in [0.1, 0.15) is 0 Å². The Morgan fingerprint density at radius 1 is 1.10 bits per heavy atom. The highest BCUT2D eigenvalue weighted by Gasteiger charge is 2.27. The number of aryl methyl sites for hydroxylation is 2. The minimum Gasteiger partial charge on any atom is -0.325 e. The van der Waals surface area contributed by atoms with E-state index in [1.54, 1.807) is 0 Å². The van der Waals surface area contributed by atoms with Crippen LogP contribution in [0.3, 0.4) is 0 Å². The average Bonchev–Trinajstić information content (AvgIpc) is 2.86. The highest BCUT2D eigenvalue weighted by molar-refractivity contribution is 9.10. The molecule has 0 unspecified atom stereocenters. The molecule has 2 aromatic rings. The second-order valence-corrected chi connectivity index (χ2v) is 6.69. The van der Waals surface area contributed by atoms with Crippen LogP contribution in [0.2, 0.25) is 0 Å². The number of fused-ring (bicyclic) bond motifs is 1. The third kappa shape index (κ3) is 2.88. The van der Waals surface area contributed by atoms with Crippen LogP contribution in [-0.2, 0) is 17.6 Å². The van der Waals surface area contributed by atoms with E-state index in [-0.39, 0.29) is 11.8 Å². The maximum absolute atomic E-state index is 12.5. The summed E-state index contributed by atoms with van der Waals surface area (Å²) in [5.74, 6) is 0.171. The van der Waals surface area contributed by atoms with Crippen LogP contribution in [0.1, 0.15) is 22.3 Å². The van der Waals surface area contributed by atoms with Gasteiger partial charge in [-0.25, -0.2) is 0 Å². The van der Waals surface area contributed by atoms with Crippen LogP contribution in [0.4, 0.5) is 5.69 Å². The lowest BCUT2D eigenvalue weighted by atomic mass is 10.0. The third-order valence-corrected chi connectivity index (χ3v) is 4.63. The maximum Gasteiger partial charge on any atom is 0.228 e. The molecule has 1 N–H and O–H groups in total. The molecule has 2 aromatic carbocycles. The third-order valence-electron chi connectivity index (χ3n) is 4.17. The number of amides is 1. The van der Waals surface area contributed by atoms with E-state index in [0.29, 0.717) is 0 Å². The Hall–Kier alpha value is -1.61. The summed E-state index contributed by atoms with van der Waals surface area (Å²) >= 11 is 3.49. The number of hydrogen-bond donors (Lipinski definition) is 1. The van der Waals surface area contributed by atoms with Gasteiger partial charge in [-0.1, -0.05) is 40.2 Å². The number of halogens is 1. The lowest BCUT2D eigenvalue weighted by molar-refractivity contribution is -0.119. The Balaban J connectivity index is 1.77. The van der Waals surface area contributed by atoms with E-state index in [9.17, 15) is 4.79 Å². The first-order valence-electron chi connectivity index (χ1n) is 7.19. The molecule has 0 bridgehead atoms. The molecule has 0 aromatic heterocycles. The molecule has 1 amide bonds. The molecule has 0 spiro atoms. The van der Waals surface area contributed by atoms with Crippen molar-refractivity contribution >= 4 is 27.5 Å². The van der Waals surface area contributed by atoms with Crippen LogP contribution in [0.5, 0.6) is 0 Å². The number of anilines is 1. The number of benzene rings is 2. The SMILES string of the molecule is Cc1cc(Br)cc(C)c1NC(=O)C1Cc2ccccc2C1. The number of carbonyl (C=O) groups is 1. The summed E-state index contributed by atoms with van der Waals surface area (Å²) in [5, 5.41) is 3.12. The Labute approximate surface area is 133 Å². The van der Waals surface area contributed by atoms with Crippen molar-refractivity contribution in [3.63, 3.8) is 0 Å². The standard InChI is InChI=1S/C18H18BrNO/c1-11-7-16(19)8-12(2)17(11)20-18(21)15-9-13-5-3-4-6-14(13)10-15/h3-8,15H,9-10H2,1-2H3,(H,20,21). The molecule has 3 rings (SSSR count). The van der Waals surface area contributed by atoms with Gasteiger partial charge in [-0.15, -0.1) is 0 Å². The normalized spacial score (nSPS) is 14.0. The van der Waals surface area contributed by atoms with E-state index in [1.807, 2.05) is 38.1 Å². The molecular formula is C18H18BrNO. The van der Waals surface area contributed by atoms with E-state index in [4.69, 9.17) is 0 Å². The fourth-order valence-corrected chi connectivity index (χ4v) is 3.76. The predicted octanol–water partition coefficient (Wildman–Crippen LogP) is 4.42. The first kappa shape index (κ1) is 14.3. The Morgan fingerprint density at radius 2 is 1.62 bits per heavy atom. The first-order chi connectivity index (χ1) is 10.0. The zero-order chi connectivity index (χ0) is 15.0. The van der Waals surface area contributed by atoms with Crippen molar-refractivity contribution in [1.82, 2.24) is 0 Å². The first-order valence-corrected chi connectivity index (χ1v) is 7.98. The van der Waals surface area contributed by atoms with Gasteiger partial charge in [0.05, 0.1) is 0 Å². The molecule has 0 heterocycles. The second-order valence-electron chi connectivity index (χ2n) is 5.78. The van der Waals surface area contributed by atoms with Crippen LogP contribution in [-0.4, -0.2) is 5.91 Å². The van der Waals surface area contributed by atoms with Crippen molar-refractivity contribution in [3.8, 4) is 0 Å². The zero-order valence-electron chi connectivity index (χ0n) is 12.2. The Kier molecular flexibility index (Phi) is 3.85. The van der Waals surface area contributed by atoms with Gasteiger partial charge in [0, 0.05) is 16.1 Å². The van der Waals surface area contributed by atoms with Crippen molar-refractivity contribution in [1.29, 1.82) is 0 Å². The molecule has 0 fully saturated rings. The summed E-state index contributed by atoms with van der Waals surface area (Å²) in [7, 11) is 0. The summed E-state index contributed by atoms with van der Waals surface area (Å²) in [6, 6.07) is 12.4. The molecule has 3 heteroatoms.